The van der Waals surface area contributed by atoms with Crippen molar-refractivity contribution in [2.45, 2.75) is 16.6 Å². The van der Waals surface area contributed by atoms with E-state index < -0.39 is 34.8 Å². The minimum Gasteiger partial charge on any atom is -0.477 e. The van der Waals surface area contributed by atoms with Gasteiger partial charge >= 0.3 is 5.97 Å². The molecule has 4 rings (SSSR count). The number of nitrogens with zero attached hydrogens (tertiary/aromatic N) is 6. The van der Waals surface area contributed by atoms with Crippen LogP contribution in [0.5, 0.6) is 0 Å². The number of nitrogens with two attached hydrogens (primary N) is 1. The number of carbonyl (C=O) groups is 3. The molecule has 2 aromatic heterocycles. The van der Waals surface area contributed by atoms with Gasteiger partial charge in [-0.2, -0.15) is 10.1 Å². The fourth-order valence-corrected chi connectivity index (χ4v) is 6.42. The predicted molar refractivity (Wildman–Crippen MR) is 128 cm³/mol. The number of nitrogen functional groups attached to an aromatic ring is 1. The van der Waals surface area contributed by atoms with Crippen LogP contribution in [-0.4, -0.2) is 83.3 Å². The molecule has 14 nitrogen and oxygen atoms in total. The van der Waals surface area contributed by atoms with Crippen LogP contribution >= 0.6 is 34.9 Å². The highest BCUT2D eigenvalue weighted by Crippen LogP contribution is 2.41. The lowest BCUT2D eigenvalue weighted by Crippen LogP contribution is -2.71. The van der Waals surface area contributed by atoms with E-state index in [9.17, 15) is 24.3 Å². The number of amides is 2. The average molecular weight is 539 g/mol. The van der Waals surface area contributed by atoms with Gasteiger partial charge in [0.15, 0.2) is 16.0 Å². The van der Waals surface area contributed by atoms with Crippen molar-refractivity contribution in [3.63, 3.8) is 0 Å². The molecule has 17 heteroatoms. The summed E-state index contributed by atoms with van der Waals surface area (Å²) in [5, 5.41) is 20.0. The van der Waals surface area contributed by atoms with Crippen molar-refractivity contribution in [1.29, 1.82) is 0 Å². The van der Waals surface area contributed by atoms with Gasteiger partial charge in [0.25, 0.3) is 17.4 Å². The summed E-state index contributed by atoms with van der Waals surface area (Å²) in [6.45, 7) is 0. The molecule has 2 amide bonds. The van der Waals surface area contributed by atoms with E-state index in [0.29, 0.717) is 21.4 Å². The first-order chi connectivity index (χ1) is 16.7. The number of carboxylic acids is 1. The molecule has 35 heavy (non-hydrogen) atoms. The standard InChI is InChI=1S/C18H18N8O6S3/c1-25-18(22-9(27)4-21-25)34-6-7-5-33-15-11(14(29)26(15)12(7)16(30)31)23-13(28)10(24-32-2)8-3-20-17(19)35-8/h3-4,11,15H,5-6H2,1-2H3,(H2,19,20)(H,23,28)(H,30,31)/t11-,15-/m1/s1. The predicted octanol–water partition coefficient (Wildman–Crippen LogP) is -0.905. The van der Waals surface area contributed by atoms with Crippen LogP contribution < -0.4 is 16.6 Å². The molecular formula is C18H18N8O6S3. The summed E-state index contributed by atoms with van der Waals surface area (Å²) in [6, 6.07) is -0.954. The van der Waals surface area contributed by atoms with Crippen LogP contribution in [-0.2, 0) is 26.3 Å². The summed E-state index contributed by atoms with van der Waals surface area (Å²) in [7, 11) is 2.88. The molecule has 0 unspecified atom stereocenters. The number of hydrogen-bond donors (Lipinski definition) is 3. The normalized spacial score (nSPS) is 19.8. The Morgan fingerprint density at radius 2 is 2.17 bits per heavy atom. The Hall–Kier alpha value is -3.44. The minimum absolute atomic E-state index is 0.102. The van der Waals surface area contributed by atoms with Gasteiger partial charge in [0.05, 0.1) is 4.88 Å². The number of thioether (sulfide) groups is 2. The maximum absolute atomic E-state index is 12.9. The lowest BCUT2D eigenvalue weighted by Gasteiger charge is -2.49. The van der Waals surface area contributed by atoms with Crippen LogP contribution in [0.2, 0.25) is 0 Å². The van der Waals surface area contributed by atoms with E-state index in [1.54, 1.807) is 7.05 Å². The maximum atomic E-state index is 12.9. The number of aliphatic carboxylic acids is 1. The Kier molecular flexibility index (Phi) is 7.08. The molecule has 1 saturated heterocycles. The van der Waals surface area contributed by atoms with Crippen molar-refractivity contribution in [2.24, 2.45) is 12.2 Å². The van der Waals surface area contributed by atoms with E-state index in [2.05, 4.69) is 25.5 Å². The summed E-state index contributed by atoms with van der Waals surface area (Å²) in [4.78, 5) is 63.3. The summed E-state index contributed by atoms with van der Waals surface area (Å²) < 4.78 is 1.40. The first kappa shape index (κ1) is 24.7. The number of thiazole rings is 1. The largest absolute Gasteiger partial charge is 0.477 e. The van der Waals surface area contributed by atoms with Crippen LogP contribution in [0, 0.1) is 0 Å². The molecule has 1 fully saturated rings. The second-order valence-corrected chi connectivity index (χ2v) is 10.2. The second-order valence-electron chi connectivity index (χ2n) is 7.09. The molecule has 0 aromatic carbocycles. The highest BCUT2D eigenvalue weighted by molar-refractivity contribution is 8.01. The van der Waals surface area contributed by atoms with Crippen LogP contribution in [0.25, 0.3) is 0 Å². The average Bonchev–Trinajstić information content (AvgIpc) is 3.26. The number of carboxylic acid groups (broad SMARTS) is 1. The Balaban J connectivity index is 1.51. The lowest BCUT2D eigenvalue weighted by atomic mass is 10.0. The van der Waals surface area contributed by atoms with Crippen LogP contribution in [0.15, 0.2) is 38.8 Å². The van der Waals surface area contributed by atoms with Crippen molar-refractivity contribution in [3.8, 4) is 0 Å². The first-order valence-electron chi connectivity index (χ1n) is 9.78. The van der Waals surface area contributed by atoms with E-state index in [1.165, 1.54) is 29.8 Å². The molecule has 4 heterocycles. The topological polar surface area (TPSA) is 195 Å². The fourth-order valence-electron chi connectivity index (χ4n) is 3.35. The summed E-state index contributed by atoms with van der Waals surface area (Å²) in [6.07, 6.45) is 2.44. The van der Waals surface area contributed by atoms with E-state index in [-0.39, 0.29) is 22.3 Å². The molecule has 184 valence electrons. The monoisotopic (exact) mass is 538 g/mol. The van der Waals surface area contributed by atoms with Gasteiger partial charge < -0.3 is 21.0 Å². The summed E-state index contributed by atoms with van der Waals surface area (Å²) in [5.41, 5.74) is 5.35. The number of carbonyl (C=O) groups excluding carboxylic acids is 2. The summed E-state index contributed by atoms with van der Waals surface area (Å²) in [5.74, 6) is -2.03. The molecular weight excluding hydrogens is 520 g/mol. The van der Waals surface area contributed by atoms with E-state index in [0.717, 1.165) is 34.2 Å². The maximum Gasteiger partial charge on any atom is 0.352 e. The summed E-state index contributed by atoms with van der Waals surface area (Å²) >= 11 is 3.48. The Morgan fingerprint density at radius 3 is 2.83 bits per heavy atom. The first-order valence-corrected chi connectivity index (χ1v) is 12.6. The molecule has 4 N–H and O–H groups in total. The SMILES string of the molecule is CON=C(C(=O)N[C@@H]1C(=O)N2C(C(=O)O)=C(CSc3nc(=O)cnn3C)CS[C@H]12)c1cnc(N)s1. The number of aromatic nitrogens is 4. The molecule has 2 aliphatic heterocycles. The van der Waals surface area contributed by atoms with Gasteiger partial charge in [-0.15, -0.1) is 11.8 Å². The molecule has 0 radical (unpaired) electrons. The Bertz CT molecular complexity index is 1320. The van der Waals surface area contributed by atoms with Crippen molar-refractivity contribution >= 4 is 63.5 Å². The number of fused-ring (bicyclic) bond motifs is 1. The number of oxime groups is 1. The molecule has 2 aromatic rings. The van der Waals surface area contributed by atoms with Gasteiger partial charge in [0.2, 0.25) is 0 Å². The van der Waals surface area contributed by atoms with Gasteiger partial charge in [-0.05, 0) is 5.57 Å². The van der Waals surface area contributed by atoms with Crippen LogP contribution in [0.1, 0.15) is 4.88 Å². The Morgan fingerprint density at radius 1 is 1.40 bits per heavy atom. The fraction of sp³-hybridized carbons (Fsp3) is 0.333. The van der Waals surface area contributed by atoms with Crippen molar-refractivity contribution in [1.82, 2.24) is 30.0 Å². The van der Waals surface area contributed by atoms with Gasteiger partial charge in [0.1, 0.15) is 30.4 Å². The van der Waals surface area contributed by atoms with Crippen LogP contribution in [0.3, 0.4) is 0 Å². The zero-order valence-electron chi connectivity index (χ0n) is 18.2. The zero-order chi connectivity index (χ0) is 25.3. The molecule has 2 aliphatic rings. The van der Waals surface area contributed by atoms with E-state index in [1.807, 2.05) is 0 Å². The van der Waals surface area contributed by atoms with Gasteiger partial charge in [-0.3, -0.25) is 19.3 Å². The lowest BCUT2D eigenvalue weighted by molar-refractivity contribution is -0.150. The highest BCUT2D eigenvalue weighted by atomic mass is 32.2. The van der Waals surface area contributed by atoms with E-state index in [4.69, 9.17) is 10.6 Å². The number of hydrogen-bond acceptors (Lipinski definition) is 13. The molecule has 0 spiro atoms. The van der Waals surface area contributed by atoms with Gasteiger partial charge in [-0.1, -0.05) is 28.3 Å². The number of aryl methyl sites for hydroxylation is 1. The van der Waals surface area contributed by atoms with Crippen molar-refractivity contribution in [2.75, 3.05) is 24.3 Å². The molecule has 0 aliphatic carbocycles. The highest BCUT2D eigenvalue weighted by Gasteiger charge is 2.54. The van der Waals surface area contributed by atoms with Gasteiger partial charge in [0, 0.05) is 24.8 Å². The van der Waals surface area contributed by atoms with E-state index >= 15 is 0 Å². The number of rotatable bonds is 8. The number of β-lactam (4-membered cyclic amide) rings is 1. The molecule has 0 bridgehead atoms. The third-order valence-corrected chi connectivity index (χ3v) is 8.17. The molecule has 0 saturated carbocycles. The quantitative estimate of drug-likeness (QED) is 0.162. The van der Waals surface area contributed by atoms with Crippen molar-refractivity contribution < 1.29 is 24.3 Å². The number of anilines is 1. The minimum atomic E-state index is -1.26. The van der Waals surface area contributed by atoms with Crippen molar-refractivity contribution in [3.05, 3.63) is 38.9 Å². The third-order valence-electron chi connectivity index (χ3n) is 4.89. The Labute approximate surface area is 209 Å². The van der Waals surface area contributed by atoms with Crippen LogP contribution in [0.4, 0.5) is 5.13 Å². The second kappa shape index (κ2) is 10.0. The van der Waals surface area contributed by atoms with Gasteiger partial charge in [-0.25, -0.2) is 14.5 Å². The zero-order valence-corrected chi connectivity index (χ0v) is 20.6. The smallest absolute Gasteiger partial charge is 0.352 e. The molecule has 2 atom stereocenters. The third kappa shape index (κ3) is 4.87. The number of nitrogens with one attached hydrogen (secondary N) is 1.